The summed E-state index contributed by atoms with van der Waals surface area (Å²) < 4.78 is 49.9. The van der Waals surface area contributed by atoms with Gasteiger partial charge in [-0.1, -0.05) is 35.3 Å². The number of ketones is 1. The Morgan fingerprint density at radius 1 is 0.812 bits per heavy atom. The molecule has 0 N–H and O–H groups in total. The van der Waals surface area contributed by atoms with Crippen LogP contribution in [-0.2, 0) is 6.18 Å². The molecule has 4 aromatic rings. The Morgan fingerprint density at radius 3 is 2.22 bits per heavy atom. The maximum atomic E-state index is 12.9. The minimum atomic E-state index is -4.47. The summed E-state index contributed by atoms with van der Waals surface area (Å²) in [6, 6.07) is 15.9. The van der Waals surface area contributed by atoms with Gasteiger partial charge in [-0.05, 0) is 66.7 Å². The van der Waals surface area contributed by atoms with E-state index in [0.29, 0.717) is 27.1 Å². The van der Waals surface area contributed by atoms with Crippen molar-refractivity contribution in [1.29, 1.82) is 0 Å². The highest BCUT2D eigenvalue weighted by Gasteiger charge is 2.30. The molecule has 0 aliphatic carbocycles. The second kappa shape index (κ2) is 8.73. The Bertz CT molecular complexity index is 1300. The van der Waals surface area contributed by atoms with E-state index in [0.717, 1.165) is 12.1 Å². The third-order valence-electron chi connectivity index (χ3n) is 4.50. The number of allylic oxidation sites excluding steroid dienone is 1. The Balaban J connectivity index is 1.50. The zero-order valence-corrected chi connectivity index (χ0v) is 17.6. The van der Waals surface area contributed by atoms with E-state index >= 15 is 0 Å². The van der Waals surface area contributed by atoms with Crippen molar-refractivity contribution in [1.82, 2.24) is 0 Å². The normalized spacial score (nSPS) is 11.9. The number of alkyl halides is 3. The van der Waals surface area contributed by atoms with Crippen molar-refractivity contribution in [2.24, 2.45) is 0 Å². The zero-order chi connectivity index (χ0) is 22.9. The standard InChI is InChI=1S/C24H13Cl2F3O3/c25-17-11-15(12-18(26)13-17)22-7-5-19(31-22)4-6-20(30)23-9-8-21(32-23)14-2-1-3-16(10-14)24(27,28)29/h1-13H. The Morgan fingerprint density at radius 2 is 1.50 bits per heavy atom. The van der Waals surface area contributed by atoms with Crippen LogP contribution in [0.25, 0.3) is 28.7 Å². The second-order valence-corrected chi connectivity index (χ2v) is 7.67. The molecule has 3 nitrogen and oxygen atoms in total. The first kappa shape index (κ1) is 22.0. The van der Waals surface area contributed by atoms with E-state index in [1.165, 1.54) is 36.4 Å². The van der Waals surface area contributed by atoms with Gasteiger partial charge < -0.3 is 8.83 Å². The molecular formula is C24H13Cl2F3O3. The van der Waals surface area contributed by atoms with Gasteiger partial charge in [-0.2, -0.15) is 13.2 Å². The summed E-state index contributed by atoms with van der Waals surface area (Å²) in [7, 11) is 0. The van der Waals surface area contributed by atoms with Crippen molar-refractivity contribution in [3.63, 3.8) is 0 Å². The molecule has 0 unspecified atom stereocenters. The predicted molar refractivity (Wildman–Crippen MR) is 117 cm³/mol. The van der Waals surface area contributed by atoms with Gasteiger partial charge in [-0.15, -0.1) is 0 Å². The fourth-order valence-electron chi connectivity index (χ4n) is 3.01. The highest BCUT2D eigenvalue weighted by Crippen LogP contribution is 2.33. The molecule has 162 valence electrons. The van der Waals surface area contributed by atoms with Gasteiger partial charge in [0.05, 0.1) is 5.56 Å². The third-order valence-corrected chi connectivity index (χ3v) is 4.93. The minimum Gasteiger partial charge on any atom is -0.457 e. The number of benzene rings is 2. The first-order valence-electron chi connectivity index (χ1n) is 9.25. The van der Waals surface area contributed by atoms with Crippen LogP contribution in [0, 0.1) is 0 Å². The molecule has 2 aromatic heterocycles. The molecule has 0 aliphatic rings. The molecule has 0 atom stereocenters. The maximum absolute atomic E-state index is 12.9. The summed E-state index contributed by atoms with van der Waals surface area (Å²) in [6.45, 7) is 0. The van der Waals surface area contributed by atoms with Crippen molar-refractivity contribution in [3.05, 3.63) is 99.9 Å². The number of halogens is 5. The lowest BCUT2D eigenvalue weighted by atomic mass is 10.1. The smallest absolute Gasteiger partial charge is 0.416 e. The molecule has 0 fully saturated rings. The SMILES string of the molecule is O=C(C=Cc1ccc(-c2cc(Cl)cc(Cl)c2)o1)c1ccc(-c2cccc(C(F)(F)F)c2)o1. The summed E-state index contributed by atoms with van der Waals surface area (Å²) in [4.78, 5) is 12.4. The average molecular weight is 477 g/mol. The summed E-state index contributed by atoms with van der Waals surface area (Å²) >= 11 is 12.0. The van der Waals surface area contributed by atoms with E-state index in [2.05, 4.69) is 0 Å². The molecular weight excluding hydrogens is 464 g/mol. The summed E-state index contributed by atoms with van der Waals surface area (Å²) in [5.74, 6) is 0.612. The van der Waals surface area contributed by atoms with E-state index in [1.807, 2.05) is 0 Å². The number of hydrogen-bond donors (Lipinski definition) is 0. The lowest BCUT2D eigenvalue weighted by Crippen LogP contribution is -2.04. The molecule has 32 heavy (non-hydrogen) atoms. The predicted octanol–water partition coefficient (Wildman–Crippen LogP) is 8.43. The first-order valence-corrected chi connectivity index (χ1v) is 10.0. The lowest BCUT2D eigenvalue weighted by Gasteiger charge is -2.07. The number of carbonyl (C=O) groups excluding carboxylic acids is 1. The van der Waals surface area contributed by atoms with Crippen LogP contribution in [0.4, 0.5) is 13.2 Å². The van der Waals surface area contributed by atoms with Gasteiger partial charge in [0.2, 0.25) is 5.78 Å². The van der Waals surface area contributed by atoms with Crippen LogP contribution < -0.4 is 0 Å². The number of furan rings is 2. The molecule has 8 heteroatoms. The maximum Gasteiger partial charge on any atom is 0.416 e. The summed E-state index contributed by atoms with van der Waals surface area (Å²) in [5, 5.41) is 0.927. The van der Waals surface area contributed by atoms with Crippen LogP contribution in [0.1, 0.15) is 21.9 Å². The fourth-order valence-corrected chi connectivity index (χ4v) is 3.53. The van der Waals surface area contributed by atoms with Crippen LogP contribution in [0.2, 0.25) is 10.0 Å². The highest BCUT2D eigenvalue weighted by atomic mass is 35.5. The summed E-state index contributed by atoms with van der Waals surface area (Å²) in [6.07, 6.45) is -1.75. The van der Waals surface area contributed by atoms with Gasteiger partial charge in [0.25, 0.3) is 0 Å². The van der Waals surface area contributed by atoms with Crippen molar-refractivity contribution in [2.75, 3.05) is 0 Å². The van der Waals surface area contributed by atoms with Gasteiger partial charge in [0.15, 0.2) is 5.76 Å². The fraction of sp³-hybridized carbons (Fsp3) is 0.0417. The van der Waals surface area contributed by atoms with Crippen LogP contribution in [0.3, 0.4) is 0 Å². The zero-order valence-electron chi connectivity index (χ0n) is 16.1. The van der Waals surface area contributed by atoms with Gasteiger partial charge in [-0.25, -0.2) is 0 Å². The molecule has 0 saturated heterocycles. The number of hydrogen-bond acceptors (Lipinski definition) is 3. The average Bonchev–Trinajstić information content (AvgIpc) is 3.41. The highest BCUT2D eigenvalue weighted by molar-refractivity contribution is 6.35. The molecule has 0 amide bonds. The van der Waals surface area contributed by atoms with E-state index in [-0.39, 0.29) is 17.1 Å². The van der Waals surface area contributed by atoms with Crippen LogP contribution in [-0.4, -0.2) is 5.78 Å². The Labute approximate surface area is 190 Å². The molecule has 2 heterocycles. The molecule has 0 bridgehead atoms. The molecule has 2 aromatic carbocycles. The van der Waals surface area contributed by atoms with Crippen LogP contribution >= 0.6 is 23.2 Å². The minimum absolute atomic E-state index is 0.0120. The van der Waals surface area contributed by atoms with Gasteiger partial charge in [-0.3, -0.25) is 4.79 Å². The van der Waals surface area contributed by atoms with Gasteiger partial charge >= 0.3 is 6.18 Å². The van der Waals surface area contributed by atoms with Crippen molar-refractivity contribution >= 4 is 35.1 Å². The van der Waals surface area contributed by atoms with Crippen LogP contribution in [0.5, 0.6) is 0 Å². The quantitative estimate of drug-likeness (QED) is 0.214. The monoisotopic (exact) mass is 476 g/mol. The van der Waals surface area contributed by atoms with E-state index in [4.69, 9.17) is 32.0 Å². The van der Waals surface area contributed by atoms with Crippen molar-refractivity contribution < 1.29 is 26.8 Å². The van der Waals surface area contributed by atoms with E-state index < -0.39 is 17.5 Å². The Kier molecular flexibility index (Phi) is 6.00. The molecule has 0 spiro atoms. The van der Waals surface area contributed by atoms with Gasteiger partial charge in [0, 0.05) is 21.2 Å². The molecule has 0 saturated carbocycles. The van der Waals surface area contributed by atoms with E-state index in [9.17, 15) is 18.0 Å². The largest absolute Gasteiger partial charge is 0.457 e. The first-order chi connectivity index (χ1) is 15.2. The van der Waals surface area contributed by atoms with Crippen molar-refractivity contribution in [3.8, 4) is 22.6 Å². The Hall–Kier alpha value is -3.22. The second-order valence-electron chi connectivity index (χ2n) is 6.80. The molecule has 4 rings (SSSR count). The third kappa shape index (κ3) is 4.98. The number of rotatable bonds is 5. The van der Waals surface area contributed by atoms with Crippen molar-refractivity contribution in [2.45, 2.75) is 6.18 Å². The van der Waals surface area contributed by atoms with E-state index in [1.54, 1.807) is 30.3 Å². The topological polar surface area (TPSA) is 43.4 Å². The van der Waals surface area contributed by atoms with Crippen LogP contribution in [0.15, 0.2) is 81.6 Å². The molecule has 0 radical (unpaired) electrons. The molecule has 0 aliphatic heterocycles. The van der Waals surface area contributed by atoms with Gasteiger partial charge in [0.1, 0.15) is 17.3 Å². The summed E-state index contributed by atoms with van der Waals surface area (Å²) in [5.41, 5.74) is 0.109. The lowest BCUT2D eigenvalue weighted by molar-refractivity contribution is -0.137. The number of carbonyl (C=O) groups is 1.